The van der Waals surface area contributed by atoms with E-state index in [9.17, 15) is 45.6 Å². The van der Waals surface area contributed by atoms with Crippen LogP contribution >= 0.6 is 0 Å². The topological polar surface area (TPSA) is 228 Å². The van der Waals surface area contributed by atoms with E-state index in [1.54, 1.807) is 6.08 Å². The molecule has 12 unspecified atom stereocenters. The zero-order valence-electron chi connectivity index (χ0n) is 37.4. The van der Waals surface area contributed by atoms with Gasteiger partial charge in [-0.2, -0.15) is 0 Å². The predicted octanol–water partition coefficient (Wildman–Crippen LogP) is 5.15. The van der Waals surface area contributed by atoms with Crippen molar-refractivity contribution in [3.05, 3.63) is 36.5 Å². The van der Waals surface area contributed by atoms with Crippen molar-refractivity contribution >= 4 is 5.91 Å². The maximum atomic E-state index is 13.0. The summed E-state index contributed by atoms with van der Waals surface area (Å²) in [7, 11) is 0. The monoisotopic (exact) mass is 872 g/mol. The number of hydrogen-bond donors (Lipinski definition) is 9. The SMILES string of the molecule is CCCCCCCCCCC/C=C/CC/C=C/CC/C=C/C(O)C(COC1OC(CO)C(OC2OC(CO)C(O)C(O)C2O)C(O)C1O)NC(=O)CCCCCCCCCC. The maximum absolute atomic E-state index is 13.0. The maximum Gasteiger partial charge on any atom is 0.220 e. The zero-order valence-corrected chi connectivity index (χ0v) is 37.4. The Balaban J connectivity index is 1.88. The molecule has 12 atom stereocenters. The van der Waals surface area contributed by atoms with Crippen LogP contribution < -0.4 is 5.32 Å². The van der Waals surface area contributed by atoms with E-state index in [4.69, 9.17) is 18.9 Å². The van der Waals surface area contributed by atoms with Gasteiger partial charge < -0.3 is 65.1 Å². The molecule has 9 N–H and O–H groups in total. The summed E-state index contributed by atoms with van der Waals surface area (Å²) in [5.74, 6) is -0.261. The summed E-state index contributed by atoms with van der Waals surface area (Å²) in [5, 5.41) is 86.4. The fourth-order valence-corrected chi connectivity index (χ4v) is 7.61. The molecular formula is C47H85NO13. The number of ether oxygens (including phenoxy) is 4. The van der Waals surface area contributed by atoms with Gasteiger partial charge in [0.1, 0.15) is 48.8 Å². The highest BCUT2D eigenvalue weighted by Gasteiger charge is 2.50. The zero-order chi connectivity index (χ0) is 44.7. The van der Waals surface area contributed by atoms with Gasteiger partial charge >= 0.3 is 0 Å². The van der Waals surface area contributed by atoms with Crippen LogP contribution in [-0.2, 0) is 23.7 Å². The molecule has 2 fully saturated rings. The molecule has 0 radical (unpaired) electrons. The van der Waals surface area contributed by atoms with Gasteiger partial charge in [-0.1, -0.05) is 147 Å². The van der Waals surface area contributed by atoms with Crippen LogP contribution in [0.25, 0.3) is 0 Å². The molecule has 0 spiro atoms. The molecule has 0 aliphatic carbocycles. The summed E-state index contributed by atoms with van der Waals surface area (Å²) >= 11 is 0. The minimum absolute atomic E-state index is 0.261. The largest absolute Gasteiger partial charge is 0.394 e. The number of carbonyl (C=O) groups is 1. The number of amides is 1. The van der Waals surface area contributed by atoms with Crippen LogP contribution in [0.15, 0.2) is 36.5 Å². The van der Waals surface area contributed by atoms with Crippen LogP contribution in [0.1, 0.15) is 162 Å². The molecule has 14 heteroatoms. The first-order valence-corrected chi connectivity index (χ1v) is 23.7. The lowest BCUT2D eigenvalue weighted by atomic mass is 9.97. The fourth-order valence-electron chi connectivity index (χ4n) is 7.61. The Morgan fingerprint density at radius 2 is 1.05 bits per heavy atom. The Kier molecular flexibility index (Phi) is 31.4. The molecule has 14 nitrogen and oxygen atoms in total. The van der Waals surface area contributed by atoms with Crippen LogP contribution in [-0.4, -0.2) is 140 Å². The molecule has 1 amide bonds. The lowest BCUT2D eigenvalue weighted by Gasteiger charge is -2.46. The van der Waals surface area contributed by atoms with E-state index in [-0.39, 0.29) is 18.9 Å². The number of carbonyl (C=O) groups excluding carboxylic acids is 1. The number of hydrogen-bond acceptors (Lipinski definition) is 13. The van der Waals surface area contributed by atoms with Crippen LogP contribution in [0.4, 0.5) is 0 Å². The van der Waals surface area contributed by atoms with Crippen LogP contribution in [0, 0.1) is 0 Å². The highest BCUT2D eigenvalue weighted by Crippen LogP contribution is 2.30. The van der Waals surface area contributed by atoms with Crippen molar-refractivity contribution in [2.75, 3.05) is 19.8 Å². The summed E-state index contributed by atoms with van der Waals surface area (Å²) in [6.07, 6.45) is 20.7. The average molecular weight is 872 g/mol. The molecule has 0 aromatic carbocycles. The Labute approximate surface area is 366 Å². The molecule has 0 saturated carbocycles. The van der Waals surface area contributed by atoms with E-state index in [1.165, 1.54) is 83.5 Å². The number of allylic oxidation sites excluding steroid dienone is 5. The number of aliphatic hydroxyl groups is 8. The van der Waals surface area contributed by atoms with Gasteiger partial charge in [-0.15, -0.1) is 0 Å². The molecule has 0 aromatic rings. The predicted molar refractivity (Wildman–Crippen MR) is 235 cm³/mol. The van der Waals surface area contributed by atoms with E-state index in [1.807, 2.05) is 6.08 Å². The van der Waals surface area contributed by atoms with Gasteiger partial charge in [-0.25, -0.2) is 0 Å². The molecule has 2 aliphatic heterocycles. The number of aliphatic hydroxyl groups excluding tert-OH is 8. The third kappa shape index (κ3) is 22.6. The second-order valence-corrected chi connectivity index (χ2v) is 16.9. The van der Waals surface area contributed by atoms with Gasteiger partial charge in [0, 0.05) is 6.42 Å². The normalized spacial score (nSPS) is 28.3. The van der Waals surface area contributed by atoms with Crippen molar-refractivity contribution in [3.63, 3.8) is 0 Å². The molecule has 2 saturated heterocycles. The van der Waals surface area contributed by atoms with Gasteiger partial charge in [0.15, 0.2) is 12.6 Å². The summed E-state index contributed by atoms with van der Waals surface area (Å²) in [6, 6.07) is -0.931. The van der Waals surface area contributed by atoms with Crippen molar-refractivity contribution in [1.82, 2.24) is 5.32 Å². The summed E-state index contributed by atoms with van der Waals surface area (Å²) < 4.78 is 22.6. The lowest BCUT2D eigenvalue weighted by Crippen LogP contribution is -2.65. The molecule has 2 heterocycles. The van der Waals surface area contributed by atoms with Crippen molar-refractivity contribution in [1.29, 1.82) is 0 Å². The van der Waals surface area contributed by atoms with E-state index < -0.39 is 86.8 Å². The fraction of sp³-hybridized carbons (Fsp3) is 0.851. The second-order valence-electron chi connectivity index (χ2n) is 16.9. The van der Waals surface area contributed by atoms with Crippen molar-refractivity contribution in [2.45, 2.75) is 235 Å². The Morgan fingerprint density at radius 3 is 1.61 bits per heavy atom. The molecular weight excluding hydrogens is 787 g/mol. The molecule has 356 valence electrons. The molecule has 0 bridgehead atoms. The first-order valence-electron chi connectivity index (χ1n) is 23.7. The number of unbranched alkanes of at least 4 members (excludes halogenated alkanes) is 18. The Bertz CT molecular complexity index is 1170. The molecule has 2 aliphatic rings. The van der Waals surface area contributed by atoms with E-state index >= 15 is 0 Å². The molecule has 2 rings (SSSR count). The highest BCUT2D eigenvalue weighted by atomic mass is 16.7. The molecule has 61 heavy (non-hydrogen) atoms. The summed E-state index contributed by atoms with van der Waals surface area (Å²) in [6.45, 7) is 2.70. The summed E-state index contributed by atoms with van der Waals surface area (Å²) in [4.78, 5) is 13.0. The van der Waals surface area contributed by atoms with Gasteiger partial charge in [0.2, 0.25) is 5.91 Å². The smallest absolute Gasteiger partial charge is 0.220 e. The third-order valence-electron chi connectivity index (χ3n) is 11.6. The minimum atomic E-state index is -1.79. The third-order valence-corrected chi connectivity index (χ3v) is 11.6. The van der Waals surface area contributed by atoms with Crippen LogP contribution in [0.3, 0.4) is 0 Å². The van der Waals surface area contributed by atoms with Crippen molar-refractivity contribution in [3.8, 4) is 0 Å². The molecule has 0 aromatic heterocycles. The van der Waals surface area contributed by atoms with Crippen LogP contribution in [0.2, 0.25) is 0 Å². The number of nitrogens with one attached hydrogen (secondary N) is 1. The van der Waals surface area contributed by atoms with Crippen LogP contribution in [0.5, 0.6) is 0 Å². The first-order chi connectivity index (χ1) is 29.6. The van der Waals surface area contributed by atoms with E-state index in [0.29, 0.717) is 12.8 Å². The lowest BCUT2D eigenvalue weighted by molar-refractivity contribution is -0.359. The van der Waals surface area contributed by atoms with E-state index in [0.717, 1.165) is 44.9 Å². The van der Waals surface area contributed by atoms with Gasteiger partial charge in [0.25, 0.3) is 0 Å². The highest BCUT2D eigenvalue weighted by molar-refractivity contribution is 5.76. The van der Waals surface area contributed by atoms with Gasteiger partial charge in [0.05, 0.1) is 32.0 Å². The number of rotatable bonds is 35. The van der Waals surface area contributed by atoms with Crippen molar-refractivity contribution in [2.24, 2.45) is 0 Å². The quantitative estimate of drug-likeness (QED) is 0.0297. The average Bonchev–Trinajstić information content (AvgIpc) is 3.26. The standard InChI is InChI=1S/C47H85NO13/c1-3-5-7-9-11-13-14-15-16-17-18-19-20-21-22-23-24-26-28-30-36(51)35(48-39(52)31-29-27-25-12-10-8-6-4-2)34-58-46-44(57)42(55)45(38(33-50)60-46)61-47-43(56)41(54)40(53)37(32-49)59-47/h18-19,22-23,28,30,35-38,40-47,49-51,53-57H,3-17,20-21,24-27,29,31-34H2,1-2H3,(H,48,52)/b19-18+,23-22+,30-28+. The Hall–Kier alpha value is -1.79. The summed E-state index contributed by atoms with van der Waals surface area (Å²) in [5.41, 5.74) is 0. The Morgan fingerprint density at radius 1 is 0.574 bits per heavy atom. The minimum Gasteiger partial charge on any atom is -0.394 e. The van der Waals surface area contributed by atoms with Crippen molar-refractivity contribution < 1.29 is 64.6 Å². The van der Waals surface area contributed by atoms with E-state index in [2.05, 4.69) is 43.5 Å². The van der Waals surface area contributed by atoms with Gasteiger partial charge in [-0.3, -0.25) is 4.79 Å². The van der Waals surface area contributed by atoms with Gasteiger partial charge in [-0.05, 0) is 44.9 Å². The second kappa shape index (κ2) is 34.6. The first kappa shape index (κ1) is 55.3.